The third-order valence-corrected chi connectivity index (χ3v) is 4.23. The molecule has 7 nitrogen and oxygen atoms in total. The standard InChI is InChI=1S/C16H13N5O2S/c22-16(14-9-20-24-21-14)19-7-11-6-10-2-1-3-12(15(10)23-11)13-8-17-4-5-18-13/h1-5,8-9,11H,6-7H2,(H,19,22). The predicted molar refractivity (Wildman–Crippen MR) is 87.8 cm³/mol. The molecule has 1 amide bonds. The first-order valence-electron chi connectivity index (χ1n) is 7.42. The smallest absolute Gasteiger partial charge is 0.272 e. The van der Waals surface area contributed by atoms with Crippen molar-refractivity contribution >= 4 is 17.6 Å². The van der Waals surface area contributed by atoms with Crippen molar-refractivity contribution in [2.24, 2.45) is 0 Å². The fourth-order valence-corrected chi connectivity index (χ4v) is 3.07. The van der Waals surface area contributed by atoms with Gasteiger partial charge in [-0.15, -0.1) is 0 Å². The van der Waals surface area contributed by atoms with Gasteiger partial charge in [-0.25, -0.2) is 0 Å². The summed E-state index contributed by atoms with van der Waals surface area (Å²) in [6.45, 7) is 0.408. The molecule has 3 aromatic rings. The summed E-state index contributed by atoms with van der Waals surface area (Å²) in [5, 5.41) is 2.83. The maximum atomic E-state index is 11.9. The van der Waals surface area contributed by atoms with Gasteiger partial charge in [0.1, 0.15) is 11.9 Å². The van der Waals surface area contributed by atoms with Crippen molar-refractivity contribution in [3.05, 3.63) is 54.2 Å². The first-order chi connectivity index (χ1) is 11.8. The molecular formula is C16H13N5O2S. The van der Waals surface area contributed by atoms with Crippen LogP contribution in [-0.4, -0.2) is 37.3 Å². The summed E-state index contributed by atoms with van der Waals surface area (Å²) in [5.74, 6) is 0.574. The Bertz CT molecular complexity index is 854. The van der Waals surface area contributed by atoms with Crippen molar-refractivity contribution in [3.8, 4) is 17.0 Å². The normalized spacial score (nSPS) is 15.6. The number of fused-ring (bicyclic) bond motifs is 1. The van der Waals surface area contributed by atoms with E-state index in [4.69, 9.17) is 4.74 Å². The number of nitrogens with one attached hydrogen (secondary N) is 1. The Morgan fingerprint density at radius 2 is 2.29 bits per heavy atom. The molecule has 0 saturated carbocycles. The van der Waals surface area contributed by atoms with Crippen LogP contribution in [0.25, 0.3) is 11.3 Å². The van der Waals surface area contributed by atoms with Crippen LogP contribution in [0.15, 0.2) is 43.0 Å². The summed E-state index contributed by atoms with van der Waals surface area (Å²) in [6, 6.07) is 5.97. The summed E-state index contributed by atoms with van der Waals surface area (Å²) in [6.07, 6.45) is 7.08. The minimum atomic E-state index is -0.238. The first-order valence-corrected chi connectivity index (χ1v) is 8.15. The molecule has 8 heteroatoms. The molecule has 24 heavy (non-hydrogen) atoms. The molecule has 0 bridgehead atoms. The minimum absolute atomic E-state index is 0.117. The number of aromatic nitrogens is 4. The molecule has 0 fully saturated rings. The Morgan fingerprint density at radius 1 is 1.33 bits per heavy atom. The van der Waals surface area contributed by atoms with E-state index in [0.29, 0.717) is 12.2 Å². The lowest BCUT2D eigenvalue weighted by Crippen LogP contribution is -2.34. The highest BCUT2D eigenvalue weighted by Crippen LogP contribution is 2.37. The number of carbonyl (C=O) groups excluding carboxylic acids is 1. The fraction of sp³-hybridized carbons (Fsp3) is 0.188. The molecule has 1 atom stereocenters. The molecule has 0 spiro atoms. The highest BCUT2D eigenvalue weighted by Gasteiger charge is 2.26. The highest BCUT2D eigenvalue weighted by atomic mass is 32.1. The van der Waals surface area contributed by atoms with Gasteiger partial charge in [-0.05, 0) is 11.6 Å². The predicted octanol–water partition coefficient (Wildman–Crippen LogP) is 1.73. The number of hydrogen-bond acceptors (Lipinski definition) is 7. The largest absolute Gasteiger partial charge is 0.487 e. The van der Waals surface area contributed by atoms with Crippen LogP contribution in [-0.2, 0) is 6.42 Å². The van der Waals surface area contributed by atoms with E-state index in [1.54, 1.807) is 18.6 Å². The zero-order valence-corrected chi connectivity index (χ0v) is 13.4. The molecular weight excluding hydrogens is 326 g/mol. The van der Waals surface area contributed by atoms with Crippen molar-refractivity contribution in [2.45, 2.75) is 12.5 Å². The third kappa shape index (κ3) is 2.83. The minimum Gasteiger partial charge on any atom is -0.487 e. The van der Waals surface area contributed by atoms with Crippen LogP contribution in [0.3, 0.4) is 0 Å². The summed E-state index contributed by atoms with van der Waals surface area (Å²) in [5.41, 5.74) is 3.12. The van der Waals surface area contributed by atoms with Gasteiger partial charge < -0.3 is 10.1 Å². The SMILES string of the molecule is O=C(NCC1Cc2cccc(-c3cnccn3)c2O1)c1cnsn1. The van der Waals surface area contributed by atoms with E-state index in [1.165, 1.54) is 6.20 Å². The number of benzene rings is 1. The zero-order chi connectivity index (χ0) is 16.4. The lowest BCUT2D eigenvalue weighted by molar-refractivity contribution is 0.0929. The van der Waals surface area contributed by atoms with Gasteiger partial charge in [0.25, 0.3) is 5.91 Å². The van der Waals surface area contributed by atoms with E-state index >= 15 is 0 Å². The van der Waals surface area contributed by atoms with Crippen LogP contribution in [0.1, 0.15) is 16.1 Å². The van der Waals surface area contributed by atoms with Gasteiger partial charge in [0.15, 0.2) is 5.69 Å². The maximum Gasteiger partial charge on any atom is 0.272 e. The van der Waals surface area contributed by atoms with Gasteiger partial charge in [0.2, 0.25) is 0 Å². The molecule has 3 heterocycles. The van der Waals surface area contributed by atoms with Crippen molar-refractivity contribution in [2.75, 3.05) is 6.54 Å². The molecule has 0 aliphatic carbocycles. The summed E-state index contributed by atoms with van der Waals surface area (Å²) >= 11 is 1.01. The Morgan fingerprint density at radius 3 is 3.08 bits per heavy atom. The number of rotatable bonds is 4. The van der Waals surface area contributed by atoms with Crippen LogP contribution >= 0.6 is 11.7 Å². The molecule has 1 aromatic carbocycles. The molecule has 120 valence electrons. The van der Waals surface area contributed by atoms with Gasteiger partial charge in [0.05, 0.1) is 36.4 Å². The second-order valence-corrected chi connectivity index (χ2v) is 5.89. The van der Waals surface area contributed by atoms with Gasteiger partial charge >= 0.3 is 0 Å². The number of carbonyl (C=O) groups is 1. The summed E-state index contributed by atoms with van der Waals surface area (Å²) in [4.78, 5) is 20.4. The molecule has 1 aliphatic rings. The second kappa shape index (κ2) is 6.32. The molecule has 1 unspecified atom stereocenters. The Hall–Kier alpha value is -2.87. The lowest BCUT2D eigenvalue weighted by Gasteiger charge is -2.12. The number of nitrogens with zero attached hydrogens (tertiary/aromatic N) is 4. The van der Waals surface area contributed by atoms with Crippen LogP contribution in [0.2, 0.25) is 0 Å². The molecule has 2 aromatic heterocycles. The number of para-hydroxylation sites is 1. The van der Waals surface area contributed by atoms with Crippen LogP contribution in [0, 0.1) is 0 Å². The Labute approximate surface area is 142 Å². The summed E-state index contributed by atoms with van der Waals surface area (Å²) in [7, 11) is 0. The average Bonchev–Trinajstić information content (AvgIpc) is 3.29. The zero-order valence-electron chi connectivity index (χ0n) is 12.5. The number of hydrogen-bond donors (Lipinski definition) is 1. The Balaban J connectivity index is 1.47. The van der Waals surface area contributed by atoms with E-state index in [2.05, 4.69) is 24.0 Å². The summed E-state index contributed by atoms with van der Waals surface area (Å²) < 4.78 is 13.8. The first kappa shape index (κ1) is 14.7. The monoisotopic (exact) mass is 339 g/mol. The van der Waals surface area contributed by atoms with Gasteiger partial charge in [-0.3, -0.25) is 14.8 Å². The highest BCUT2D eigenvalue weighted by molar-refractivity contribution is 6.99. The number of ether oxygens (including phenoxy) is 1. The topological polar surface area (TPSA) is 89.9 Å². The fourth-order valence-electron chi connectivity index (χ4n) is 2.65. The quantitative estimate of drug-likeness (QED) is 0.778. The van der Waals surface area contributed by atoms with Gasteiger partial charge in [-0.2, -0.15) is 8.75 Å². The van der Waals surface area contributed by atoms with Crippen molar-refractivity contribution < 1.29 is 9.53 Å². The molecule has 4 rings (SSSR count). The van der Waals surface area contributed by atoms with Crippen LogP contribution in [0.5, 0.6) is 5.75 Å². The van der Waals surface area contributed by atoms with E-state index in [-0.39, 0.29) is 12.0 Å². The number of amides is 1. The van der Waals surface area contributed by atoms with Gasteiger partial charge in [0, 0.05) is 24.4 Å². The van der Waals surface area contributed by atoms with E-state index in [0.717, 1.165) is 40.7 Å². The van der Waals surface area contributed by atoms with E-state index in [1.807, 2.05) is 18.2 Å². The van der Waals surface area contributed by atoms with Gasteiger partial charge in [-0.1, -0.05) is 12.1 Å². The van der Waals surface area contributed by atoms with E-state index < -0.39 is 0 Å². The Kier molecular flexibility index (Phi) is 3.87. The van der Waals surface area contributed by atoms with Crippen molar-refractivity contribution in [1.29, 1.82) is 0 Å². The molecule has 0 saturated heterocycles. The van der Waals surface area contributed by atoms with Crippen LogP contribution in [0.4, 0.5) is 0 Å². The van der Waals surface area contributed by atoms with Crippen molar-refractivity contribution in [1.82, 2.24) is 24.0 Å². The molecule has 1 aliphatic heterocycles. The second-order valence-electron chi connectivity index (χ2n) is 5.33. The third-order valence-electron chi connectivity index (χ3n) is 3.75. The lowest BCUT2D eigenvalue weighted by atomic mass is 10.0. The van der Waals surface area contributed by atoms with Crippen LogP contribution < -0.4 is 10.1 Å². The molecule has 1 N–H and O–H groups in total. The van der Waals surface area contributed by atoms with Crippen molar-refractivity contribution in [3.63, 3.8) is 0 Å². The van der Waals surface area contributed by atoms with E-state index in [9.17, 15) is 4.79 Å². The molecule has 0 radical (unpaired) electrons. The average molecular weight is 339 g/mol. The maximum absolute atomic E-state index is 11.9.